The third kappa shape index (κ3) is 1.69. The SMILES string of the molecule is CC1=[N+](C)COC(c2ccccc2)=C1. The molecule has 0 N–H and O–H groups in total. The summed E-state index contributed by atoms with van der Waals surface area (Å²) >= 11 is 0. The van der Waals surface area contributed by atoms with Crippen LogP contribution in [0.25, 0.3) is 5.76 Å². The molecule has 0 radical (unpaired) electrons. The Morgan fingerprint density at radius 2 is 1.93 bits per heavy atom. The van der Waals surface area contributed by atoms with Crippen LogP contribution < -0.4 is 0 Å². The van der Waals surface area contributed by atoms with E-state index in [9.17, 15) is 0 Å². The monoisotopic (exact) mass is 188 g/mol. The average Bonchev–Trinajstić information content (AvgIpc) is 2.23. The maximum absolute atomic E-state index is 5.61. The Morgan fingerprint density at radius 3 is 2.57 bits per heavy atom. The highest BCUT2D eigenvalue weighted by Gasteiger charge is 2.14. The number of hydrogen-bond donors (Lipinski definition) is 0. The van der Waals surface area contributed by atoms with Crippen molar-refractivity contribution in [3.63, 3.8) is 0 Å². The summed E-state index contributed by atoms with van der Waals surface area (Å²) < 4.78 is 7.69. The molecule has 0 bridgehead atoms. The molecule has 1 heterocycles. The van der Waals surface area contributed by atoms with Crippen molar-refractivity contribution in [2.75, 3.05) is 13.8 Å². The van der Waals surface area contributed by atoms with Crippen LogP contribution in [0.4, 0.5) is 0 Å². The van der Waals surface area contributed by atoms with Crippen LogP contribution in [0, 0.1) is 0 Å². The first-order chi connectivity index (χ1) is 6.77. The number of benzene rings is 1. The lowest BCUT2D eigenvalue weighted by Gasteiger charge is -2.13. The second-order valence-corrected chi connectivity index (χ2v) is 3.49. The molecule has 0 unspecified atom stereocenters. The number of ether oxygens (including phenoxy) is 1. The molecule has 0 aliphatic carbocycles. The normalized spacial score (nSPS) is 16.3. The Balaban J connectivity index is 2.34. The van der Waals surface area contributed by atoms with Crippen LogP contribution >= 0.6 is 0 Å². The second-order valence-electron chi connectivity index (χ2n) is 3.49. The largest absolute Gasteiger partial charge is 0.435 e. The first kappa shape index (κ1) is 9.00. The van der Waals surface area contributed by atoms with Crippen LogP contribution in [-0.4, -0.2) is 24.1 Å². The van der Waals surface area contributed by atoms with Gasteiger partial charge in [-0.2, -0.15) is 0 Å². The lowest BCUT2D eigenvalue weighted by Crippen LogP contribution is -2.21. The van der Waals surface area contributed by atoms with Gasteiger partial charge in [0.1, 0.15) is 12.8 Å². The zero-order valence-corrected chi connectivity index (χ0v) is 8.53. The summed E-state index contributed by atoms with van der Waals surface area (Å²) in [6, 6.07) is 10.2. The van der Waals surface area contributed by atoms with E-state index < -0.39 is 0 Å². The van der Waals surface area contributed by atoms with Gasteiger partial charge in [-0.25, -0.2) is 4.58 Å². The molecule has 14 heavy (non-hydrogen) atoms. The first-order valence-electron chi connectivity index (χ1n) is 4.72. The van der Waals surface area contributed by atoms with Gasteiger partial charge in [-0.15, -0.1) is 0 Å². The van der Waals surface area contributed by atoms with E-state index >= 15 is 0 Å². The average molecular weight is 188 g/mol. The van der Waals surface area contributed by atoms with Crippen LogP contribution in [0.5, 0.6) is 0 Å². The third-order valence-electron chi connectivity index (χ3n) is 2.41. The zero-order chi connectivity index (χ0) is 9.97. The van der Waals surface area contributed by atoms with E-state index in [0.717, 1.165) is 11.3 Å². The molecule has 2 heteroatoms. The quantitative estimate of drug-likeness (QED) is 0.615. The molecular weight excluding hydrogens is 174 g/mol. The lowest BCUT2D eigenvalue weighted by atomic mass is 10.1. The maximum Gasteiger partial charge on any atom is 0.287 e. The predicted octanol–water partition coefficient (Wildman–Crippen LogP) is 2.12. The molecule has 0 spiro atoms. The zero-order valence-electron chi connectivity index (χ0n) is 8.53. The minimum absolute atomic E-state index is 0.632. The smallest absolute Gasteiger partial charge is 0.287 e. The van der Waals surface area contributed by atoms with Crippen molar-refractivity contribution in [1.82, 2.24) is 0 Å². The summed E-state index contributed by atoms with van der Waals surface area (Å²) in [5.41, 5.74) is 2.37. The van der Waals surface area contributed by atoms with Gasteiger partial charge in [0.15, 0.2) is 5.71 Å². The van der Waals surface area contributed by atoms with Crippen LogP contribution in [0.3, 0.4) is 0 Å². The van der Waals surface area contributed by atoms with Crippen molar-refractivity contribution in [3.05, 3.63) is 42.0 Å². The summed E-state index contributed by atoms with van der Waals surface area (Å²) in [4.78, 5) is 0. The molecule has 1 aromatic carbocycles. The molecule has 2 rings (SSSR count). The van der Waals surface area contributed by atoms with E-state index in [0.29, 0.717) is 6.73 Å². The molecule has 1 aliphatic rings. The molecule has 1 aromatic rings. The van der Waals surface area contributed by atoms with Gasteiger partial charge >= 0.3 is 0 Å². The molecular formula is C12H14NO+. The summed E-state index contributed by atoms with van der Waals surface area (Å²) in [6.07, 6.45) is 2.07. The Hall–Kier alpha value is -1.57. The van der Waals surface area contributed by atoms with Crippen LogP contribution in [0.1, 0.15) is 12.5 Å². The maximum atomic E-state index is 5.61. The van der Waals surface area contributed by atoms with Crippen molar-refractivity contribution in [3.8, 4) is 0 Å². The number of nitrogens with zero attached hydrogens (tertiary/aromatic N) is 1. The number of allylic oxidation sites excluding steroid dienone is 1. The number of hydrogen-bond acceptors (Lipinski definition) is 1. The second kappa shape index (κ2) is 3.66. The van der Waals surface area contributed by atoms with E-state index in [1.807, 2.05) is 25.2 Å². The number of rotatable bonds is 1. The molecule has 0 saturated heterocycles. The summed E-state index contributed by atoms with van der Waals surface area (Å²) in [7, 11) is 2.02. The van der Waals surface area contributed by atoms with Gasteiger partial charge in [0.25, 0.3) is 6.73 Å². The van der Waals surface area contributed by atoms with Crippen molar-refractivity contribution in [1.29, 1.82) is 0 Å². The predicted molar refractivity (Wildman–Crippen MR) is 57.2 cm³/mol. The van der Waals surface area contributed by atoms with Gasteiger partial charge in [0, 0.05) is 18.6 Å². The molecule has 0 amide bonds. The highest BCUT2D eigenvalue weighted by Crippen LogP contribution is 2.17. The van der Waals surface area contributed by atoms with Crippen molar-refractivity contribution >= 4 is 11.5 Å². The molecule has 0 saturated carbocycles. The van der Waals surface area contributed by atoms with Crippen molar-refractivity contribution in [2.45, 2.75) is 6.92 Å². The molecule has 0 fully saturated rings. The van der Waals surface area contributed by atoms with Gasteiger partial charge in [-0.3, -0.25) is 0 Å². The van der Waals surface area contributed by atoms with Crippen molar-refractivity contribution in [2.24, 2.45) is 0 Å². The van der Waals surface area contributed by atoms with Crippen LogP contribution in [-0.2, 0) is 4.74 Å². The molecule has 0 atom stereocenters. The minimum Gasteiger partial charge on any atom is -0.435 e. The summed E-state index contributed by atoms with van der Waals surface area (Å²) in [5.74, 6) is 0.959. The van der Waals surface area contributed by atoms with Crippen LogP contribution in [0.2, 0.25) is 0 Å². The highest BCUT2D eigenvalue weighted by atomic mass is 16.5. The topological polar surface area (TPSA) is 12.2 Å². The van der Waals surface area contributed by atoms with E-state index in [1.165, 1.54) is 5.71 Å². The van der Waals surface area contributed by atoms with Gasteiger partial charge in [0.2, 0.25) is 0 Å². The molecule has 72 valence electrons. The third-order valence-corrected chi connectivity index (χ3v) is 2.41. The Labute approximate surface area is 84.1 Å². The first-order valence-corrected chi connectivity index (χ1v) is 4.72. The van der Waals surface area contributed by atoms with Crippen LogP contribution in [0.15, 0.2) is 36.4 Å². The Kier molecular flexibility index (Phi) is 2.35. The fourth-order valence-corrected chi connectivity index (χ4v) is 1.38. The van der Waals surface area contributed by atoms with E-state index in [1.54, 1.807) is 0 Å². The van der Waals surface area contributed by atoms with Gasteiger partial charge < -0.3 is 4.74 Å². The van der Waals surface area contributed by atoms with E-state index in [4.69, 9.17) is 4.74 Å². The minimum atomic E-state index is 0.632. The fourth-order valence-electron chi connectivity index (χ4n) is 1.38. The molecule has 1 aliphatic heterocycles. The Bertz CT molecular complexity index is 390. The fraction of sp³-hybridized carbons (Fsp3) is 0.250. The van der Waals surface area contributed by atoms with Gasteiger partial charge in [-0.05, 0) is 0 Å². The van der Waals surface area contributed by atoms with Crippen molar-refractivity contribution < 1.29 is 9.31 Å². The van der Waals surface area contributed by atoms with E-state index in [2.05, 4.69) is 29.7 Å². The summed E-state index contributed by atoms with van der Waals surface area (Å²) in [6.45, 7) is 2.72. The standard InChI is InChI=1S/C12H14NO/c1-10-8-12(14-9-13(10)2)11-6-4-3-5-7-11/h3-8H,9H2,1-2H3/q+1. The molecule has 2 nitrogen and oxygen atoms in total. The Morgan fingerprint density at radius 1 is 1.21 bits per heavy atom. The van der Waals surface area contributed by atoms with Gasteiger partial charge in [0.05, 0.1) is 0 Å². The molecule has 0 aromatic heterocycles. The highest BCUT2D eigenvalue weighted by molar-refractivity contribution is 5.95. The lowest BCUT2D eigenvalue weighted by molar-refractivity contribution is -0.536. The van der Waals surface area contributed by atoms with E-state index in [-0.39, 0.29) is 0 Å². The van der Waals surface area contributed by atoms with Gasteiger partial charge in [-0.1, -0.05) is 30.3 Å². The summed E-state index contributed by atoms with van der Waals surface area (Å²) in [5, 5.41) is 0.